The van der Waals surface area contributed by atoms with Crippen LogP contribution in [0.1, 0.15) is 22.3 Å². The van der Waals surface area contributed by atoms with Gasteiger partial charge in [0.25, 0.3) is 0 Å². The first-order valence-corrected chi connectivity index (χ1v) is 8.00. The molecule has 2 rings (SSSR count). The van der Waals surface area contributed by atoms with Crippen molar-refractivity contribution in [1.29, 1.82) is 0 Å². The average Bonchev–Trinajstić information content (AvgIpc) is 2.35. The van der Waals surface area contributed by atoms with Crippen LogP contribution in [0.3, 0.4) is 0 Å². The minimum absolute atomic E-state index is 1.37. The summed E-state index contributed by atoms with van der Waals surface area (Å²) in [5, 5.41) is 0. The zero-order chi connectivity index (χ0) is 16.5. The van der Waals surface area contributed by atoms with Gasteiger partial charge in [0.2, 0.25) is 0 Å². The molecule has 0 aliphatic carbocycles. The third kappa shape index (κ3) is 12.0. The standard InChI is InChI=1S/2C8H10.H3O4P/c2*1-7-5-3-4-6-8(7)2;1-5(2,3)4/h2*3-6H,1-2H3;(H3,1,2,3,4). The fourth-order valence-corrected chi connectivity index (χ4v) is 1.33. The van der Waals surface area contributed by atoms with Gasteiger partial charge in [0.05, 0.1) is 0 Å². The van der Waals surface area contributed by atoms with E-state index in [0.29, 0.717) is 0 Å². The second-order valence-electron chi connectivity index (χ2n) is 4.68. The fourth-order valence-electron chi connectivity index (χ4n) is 1.33. The Bertz CT molecular complexity index is 497. The summed E-state index contributed by atoms with van der Waals surface area (Å²) < 4.78 is 8.88. The smallest absolute Gasteiger partial charge is 0.303 e. The Morgan fingerprint density at radius 2 is 0.762 bits per heavy atom. The van der Waals surface area contributed by atoms with Crippen molar-refractivity contribution in [2.24, 2.45) is 0 Å². The van der Waals surface area contributed by atoms with Gasteiger partial charge in [0, 0.05) is 0 Å². The number of aryl methyl sites for hydroxylation is 4. The lowest BCUT2D eigenvalue weighted by Gasteiger charge is -1.93. The number of rotatable bonds is 0. The molecule has 2 aromatic carbocycles. The van der Waals surface area contributed by atoms with Gasteiger partial charge in [-0.3, -0.25) is 0 Å². The van der Waals surface area contributed by atoms with Gasteiger partial charge in [-0.2, -0.15) is 0 Å². The predicted octanol–water partition coefficient (Wildman–Crippen LogP) is 3.68. The molecular formula is C16H23O4P. The predicted molar refractivity (Wildman–Crippen MR) is 86.1 cm³/mol. The molecule has 0 unspecified atom stereocenters. The maximum absolute atomic E-state index is 8.88. The van der Waals surface area contributed by atoms with Crippen LogP contribution in [0.25, 0.3) is 0 Å². The highest BCUT2D eigenvalue weighted by Crippen LogP contribution is 2.25. The van der Waals surface area contributed by atoms with Gasteiger partial charge >= 0.3 is 7.82 Å². The van der Waals surface area contributed by atoms with Crippen LogP contribution in [0.4, 0.5) is 0 Å². The molecule has 4 nitrogen and oxygen atoms in total. The van der Waals surface area contributed by atoms with Crippen molar-refractivity contribution in [3.8, 4) is 0 Å². The van der Waals surface area contributed by atoms with Crippen LogP contribution in [-0.2, 0) is 4.57 Å². The molecule has 21 heavy (non-hydrogen) atoms. The third-order valence-electron chi connectivity index (χ3n) is 2.85. The molecule has 0 aliphatic heterocycles. The molecule has 0 heterocycles. The Labute approximate surface area is 126 Å². The van der Waals surface area contributed by atoms with E-state index in [1.165, 1.54) is 22.3 Å². The van der Waals surface area contributed by atoms with Crippen LogP contribution in [0.2, 0.25) is 0 Å². The summed E-state index contributed by atoms with van der Waals surface area (Å²) in [7, 11) is -4.64. The molecule has 0 aromatic heterocycles. The van der Waals surface area contributed by atoms with E-state index >= 15 is 0 Å². The average molecular weight is 310 g/mol. The van der Waals surface area contributed by atoms with Crippen LogP contribution in [0.5, 0.6) is 0 Å². The molecule has 5 heteroatoms. The molecule has 0 bridgehead atoms. The Hall–Kier alpha value is -1.45. The molecule has 0 aliphatic rings. The van der Waals surface area contributed by atoms with Crippen LogP contribution < -0.4 is 0 Å². The van der Waals surface area contributed by atoms with Gasteiger partial charge in [-0.05, 0) is 49.9 Å². The Balaban J connectivity index is 0.000000296. The molecular weight excluding hydrogens is 287 g/mol. The fraction of sp³-hybridized carbons (Fsp3) is 0.250. The van der Waals surface area contributed by atoms with E-state index < -0.39 is 7.82 Å². The van der Waals surface area contributed by atoms with Gasteiger partial charge in [0.15, 0.2) is 0 Å². The lowest BCUT2D eigenvalue weighted by molar-refractivity contribution is 0.275. The van der Waals surface area contributed by atoms with E-state index in [2.05, 4.69) is 76.2 Å². The van der Waals surface area contributed by atoms with Crippen LogP contribution in [-0.4, -0.2) is 14.7 Å². The summed E-state index contributed by atoms with van der Waals surface area (Å²) in [6.07, 6.45) is 0. The molecule has 2 aromatic rings. The monoisotopic (exact) mass is 310 g/mol. The van der Waals surface area contributed by atoms with Crippen molar-refractivity contribution in [1.82, 2.24) is 0 Å². The number of hydrogen-bond acceptors (Lipinski definition) is 1. The zero-order valence-corrected chi connectivity index (χ0v) is 13.7. The normalized spacial score (nSPS) is 9.86. The molecule has 0 amide bonds. The summed E-state index contributed by atoms with van der Waals surface area (Å²) in [6, 6.07) is 16.7. The van der Waals surface area contributed by atoms with Crippen LogP contribution in [0.15, 0.2) is 48.5 Å². The number of phosphoric acid groups is 1. The van der Waals surface area contributed by atoms with E-state index in [4.69, 9.17) is 19.2 Å². The molecule has 0 atom stereocenters. The van der Waals surface area contributed by atoms with Gasteiger partial charge in [-0.25, -0.2) is 4.57 Å². The van der Waals surface area contributed by atoms with E-state index in [-0.39, 0.29) is 0 Å². The molecule has 3 N–H and O–H groups in total. The third-order valence-corrected chi connectivity index (χ3v) is 2.85. The summed E-state index contributed by atoms with van der Waals surface area (Å²) >= 11 is 0. The van der Waals surface area contributed by atoms with Crippen molar-refractivity contribution < 1.29 is 19.2 Å². The Morgan fingerprint density at radius 1 is 0.619 bits per heavy atom. The highest BCUT2D eigenvalue weighted by molar-refractivity contribution is 7.45. The minimum Gasteiger partial charge on any atom is -0.303 e. The highest BCUT2D eigenvalue weighted by Gasteiger charge is 2.00. The number of hydrogen-bond donors (Lipinski definition) is 3. The lowest BCUT2D eigenvalue weighted by atomic mass is 10.1. The van der Waals surface area contributed by atoms with E-state index in [1.54, 1.807) is 0 Å². The molecule has 0 saturated heterocycles. The first-order chi connectivity index (χ1) is 9.61. The first kappa shape index (κ1) is 19.6. The van der Waals surface area contributed by atoms with E-state index in [0.717, 1.165) is 0 Å². The van der Waals surface area contributed by atoms with Crippen LogP contribution >= 0.6 is 7.82 Å². The molecule has 0 fully saturated rings. The summed E-state index contributed by atoms with van der Waals surface area (Å²) in [5.74, 6) is 0. The topological polar surface area (TPSA) is 77.8 Å². The van der Waals surface area contributed by atoms with Gasteiger partial charge < -0.3 is 14.7 Å². The maximum Gasteiger partial charge on any atom is 0.466 e. The summed E-state index contributed by atoms with van der Waals surface area (Å²) in [6.45, 7) is 8.48. The van der Waals surface area contributed by atoms with Crippen molar-refractivity contribution in [3.63, 3.8) is 0 Å². The van der Waals surface area contributed by atoms with Crippen LogP contribution in [0, 0.1) is 27.7 Å². The zero-order valence-electron chi connectivity index (χ0n) is 12.8. The summed E-state index contributed by atoms with van der Waals surface area (Å²) in [5.41, 5.74) is 5.47. The van der Waals surface area contributed by atoms with E-state index in [9.17, 15) is 0 Å². The SMILES string of the molecule is Cc1ccccc1C.Cc1ccccc1C.O=P(O)(O)O. The second kappa shape index (κ2) is 9.48. The van der Waals surface area contributed by atoms with E-state index in [1.807, 2.05) is 0 Å². The quantitative estimate of drug-likeness (QED) is 0.649. The Morgan fingerprint density at radius 3 is 0.857 bits per heavy atom. The molecule has 0 radical (unpaired) electrons. The first-order valence-electron chi connectivity index (χ1n) is 6.44. The second-order valence-corrected chi connectivity index (χ2v) is 5.71. The maximum atomic E-state index is 8.88. The van der Waals surface area contributed by atoms with Crippen molar-refractivity contribution in [2.45, 2.75) is 27.7 Å². The van der Waals surface area contributed by atoms with Crippen molar-refractivity contribution in [3.05, 3.63) is 70.8 Å². The van der Waals surface area contributed by atoms with Gasteiger partial charge in [0.1, 0.15) is 0 Å². The van der Waals surface area contributed by atoms with Crippen molar-refractivity contribution >= 4 is 7.82 Å². The summed E-state index contributed by atoms with van der Waals surface area (Å²) in [4.78, 5) is 21.6. The largest absolute Gasteiger partial charge is 0.466 e. The number of benzene rings is 2. The molecule has 0 saturated carbocycles. The molecule has 0 spiro atoms. The minimum atomic E-state index is -4.64. The highest BCUT2D eigenvalue weighted by atomic mass is 31.2. The van der Waals surface area contributed by atoms with Gasteiger partial charge in [-0.1, -0.05) is 48.5 Å². The lowest BCUT2D eigenvalue weighted by Crippen LogP contribution is -1.74. The Kier molecular flexibility index (Phi) is 8.83. The van der Waals surface area contributed by atoms with Crippen molar-refractivity contribution in [2.75, 3.05) is 0 Å². The molecule has 116 valence electrons. The van der Waals surface area contributed by atoms with Gasteiger partial charge in [-0.15, -0.1) is 0 Å².